The fourth-order valence-corrected chi connectivity index (χ4v) is 7.09. The Bertz CT molecular complexity index is 1910. The second kappa shape index (κ2) is 21.1. The first-order valence-electron chi connectivity index (χ1n) is 19.8. The number of aromatic hydroxyl groups is 1. The number of aryl methyl sites for hydroxylation is 1. The molecule has 11 atom stereocenters. The van der Waals surface area contributed by atoms with Gasteiger partial charge in [0.15, 0.2) is 5.78 Å². The predicted octanol–water partition coefficient (Wildman–Crippen LogP) is 3.09. The van der Waals surface area contributed by atoms with Crippen LogP contribution in [0.25, 0.3) is 0 Å². The number of nitrogens with one attached hydrogen (secondary N) is 1. The molecule has 2 aliphatic rings. The van der Waals surface area contributed by atoms with Crippen molar-refractivity contribution >= 4 is 11.7 Å². The number of pyridine rings is 1. The molecule has 6 unspecified atom stereocenters. The lowest BCUT2D eigenvalue weighted by Crippen LogP contribution is -2.69. The van der Waals surface area contributed by atoms with Crippen molar-refractivity contribution in [1.29, 1.82) is 0 Å². The highest BCUT2D eigenvalue weighted by Gasteiger charge is 2.60. The van der Waals surface area contributed by atoms with Crippen LogP contribution in [0.4, 0.5) is 0 Å². The number of amides is 1. The Morgan fingerprint density at radius 1 is 1.03 bits per heavy atom. The first kappa shape index (κ1) is 46.4. The molecular formula is C44H62N2O12. The van der Waals surface area contributed by atoms with E-state index in [1.807, 2.05) is 20.8 Å². The van der Waals surface area contributed by atoms with Gasteiger partial charge < -0.3 is 54.7 Å². The molecule has 320 valence electrons. The summed E-state index contributed by atoms with van der Waals surface area (Å²) in [7, 11) is 2.98. The lowest BCUT2D eigenvalue weighted by Gasteiger charge is -2.53. The van der Waals surface area contributed by atoms with Crippen LogP contribution < -0.4 is 10.9 Å². The Morgan fingerprint density at radius 3 is 2.34 bits per heavy atom. The molecule has 3 heterocycles. The molecule has 0 saturated carbocycles. The molecule has 0 aliphatic carbocycles. The van der Waals surface area contributed by atoms with Gasteiger partial charge in [0.25, 0.3) is 5.56 Å². The summed E-state index contributed by atoms with van der Waals surface area (Å²) < 4.78 is 27.9. The second-order valence-corrected chi connectivity index (χ2v) is 15.2. The van der Waals surface area contributed by atoms with Crippen molar-refractivity contribution in [1.82, 2.24) is 9.88 Å². The van der Waals surface area contributed by atoms with Gasteiger partial charge in [-0.3, -0.25) is 14.4 Å². The van der Waals surface area contributed by atoms with Crippen molar-refractivity contribution in [3.63, 3.8) is 0 Å². The third-order valence-corrected chi connectivity index (χ3v) is 10.8. The van der Waals surface area contributed by atoms with E-state index in [4.69, 9.17) is 15.6 Å². The topological polar surface area (TPSA) is 217 Å². The van der Waals surface area contributed by atoms with E-state index in [9.17, 15) is 45.0 Å². The van der Waals surface area contributed by atoms with E-state index in [-0.39, 0.29) is 24.1 Å². The number of carbonyl (C=O) groups is 2. The number of ketones is 1. The predicted molar refractivity (Wildman–Crippen MR) is 220 cm³/mol. The quantitative estimate of drug-likeness (QED) is 0.0687. The number of hydrogen-bond acceptors (Lipinski definition) is 12. The van der Waals surface area contributed by atoms with Crippen LogP contribution >= 0.6 is 0 Å². The smallest absolute Gasteiger partial charge is 0.265 e. The maximum Gasteiger partial charge on any atom is 0.265 e. The molecule has 1 amide bonds. The standard InChI is InChI=1S/C44H62N2O12/c1-10-12-14-22-32-43(6,7)39(51)40(52)44(55,58-32)29(11-2)41(53)45-24-18-17-20-27(4)37(56-9)28(5)38-36(50)35(49)31(57-38)21-16-13-15-19-26(3)34(48)33-30(47)23-25-46(8)42(33)54/h10,12-23,25,28-29,31-32,35-40,47,49-52,55H,11,24H2,1-9H3,(H,45,53)/b12-10-,15-13+,18-17+,21-16+,22-14+,26-19+,27-20+/t28?,29-,31?,32+,35?,36?,37?,38?,39+,40-,44-/m1/s1/i29D. The van der Waals surface area contributed by atoms with Gasteiger partial charge in [-0.25, -0.2) is 0 Å². The molecule has 3 rings (SSSR count). The summed E-state index contributed by atoms with van der Waals surface area (Å²) in [4.78, 5) is 38.6. The number of Topliss-reactive ketones (excluding diaryl/α,β-unsaturated/α-hetero) is 1. The third-order valence-electron chi connectivity index (χ3n) is 10.8. The fourth-order valence-electron chi connectivity index (χ4n) is 7.09. The van der Waals surface area contributed by atoms with Crippen molar-refractivity contribution in [3.05, 3.63) is 112 Å². The van der Waals surface area contributed by atoms with Gasteiger partial charge >= 0.3 is 0 Å². The Kier molecular flexibility index (Phi) is 16.9. The number of nitrogens with zero attached hydrogens (tertiary/aromatic N) is 1. The maximum absolute atomic E-state index is 13.5. The van der Waals surface area contributed by atoms with Crippen LogP contribution in [0, 0.1) is 17.2 Å². The summed E-state index contributed by atoms with van der Waals surface area (Å²) >= 11 is 0. The molecule has 58 heavy (non-hydrogen) atoms. The lowest BCUT2D eigenvalue weighted by molar-refractivity contribution is -0.359. The van der Waals surface area contributed by atoms with Crippen LogP contribution in [0.5, 0.6) is 5.75 Å². The molecule has 0 bridgehead atoms. The first-order valence-corrected chi connectivity index (χ1v) is 19.3. The van der Waals surface area contributed by atoms with Gasteiger partial charge in [0.05, 0.1) is 30.3 Å². The number of aliphatic hydroxyl groups is 5. The zero-order chi connectivity index (χ0) is 44.5. The molecular weight excluding hydrogens is 748 g/mol. The van der Waals surface area contributed by atoms with Gasteiger partial charge in [0, 0.05) is 39.6 Å². The average molecular weight is 812 g/mol. The molecule has 7 N–H and O–H groups in total. The summed E-state index contributed by atoms with van der Waals surface area (Å²) in [6.07, 6.45) is 11.5. The molecule has 2 fully saturated rings. The fraction of sp³-hybridized carbons (Fsp3) is 0.523. The van der Waals surface area contributed by atoms with E-state index in [1.54, 1.807) is 80.7 Å². The Labute approximate surface area is 342 Å². The van der Waals surface area contributed by atoms with Crippen molar-refractivity contribution < 1.29 is 55.8 Å². The minimum Gasteiger partial charge on any atom is -0.507 e. The van der Waals surface area contributed by atoms with E-state index < -0.39 is 94.8 Å². The highest BCUT2D eigenvalue weighted by Crippen LogP contribution is 2.44. The molecule has 2 aliphatic heterocycles. The summed E-state index contributed by atoms with van der Waals surface area (Å²) in [5.41, 5.74) is -1.04. The number of aliphatic hydroxyl groups excluding tert-OH is 4. The largest absolute Gasteiger partial charge is 0.507 e. The minimum absolute atomic E-state index is 0.0530. The number of methoxy groups -OCH3 is 1. The lowest BCUT2D eigenvalue weighted by atomic mass is 9.71. The van der Waals surface area contributed by atoms with Gasteiger partial charge in [0.1, 0.15) is 35.7 Å². The SMILES string of the molecule is [2H][C@@](CC)(C(=O)NC/C=C/C=C(\C)C(OC)C(C)C1OC(/C=C/C=C/C=C(\C)C(=O)c2c(O)ccn(C)c2=O)C(O)C1O)[C@@]1(O)O[C@@H](/C=C/C=C\C)C(C)(C)[C@@H](O)[C@H]1O. The van der Waals surface area contributed by atoms with Gasteiger partial charge in [0.2, 0.25) is 11.7 Å². The summed E-state index contributed by atoms with van der Waals surface area (Å²) in [6, 6.07) is 1.27. The van der Waals surface area contributed by atoms with Gasteiger partial charge in [-0.05, 0) is 44.4 Å². The second-order valence-electron chi connectivity index (χ2n) is 15.2. The monoisotopic (exact) mass is 811 g/mol. The maximum atomic E-state index is 13.5. The number of carbonyl (C=O) groups excluding carboxylic acids is 2. The normalized spacial score (nSPS) is 30.7. The first-order chi connectivity index (χ1) is 27.7. The molecule has 14 nitrogen and oxygen atoms in total. The van der Waals surface area contributed by atoms with Crippen molar-refractivity contribution in [2.45, 2.75) is 110 Å². The number of aromatic nitrogens is 1. The van der Waals surface area contributed by atoms with Crippen LogP contribution in [0.3, 0.4) is 0 Å². The minimum atomic E-state index is -2.74. The molecule has 14 heteroatoms. The van der Waals surface area contributed by atoms with Crippen molar-refractivity contribution in [2.75, 3.05) is 13.7 Å². The average Bonchev–Trinajstić information content (AvgIpc) is 3.48. The number of rotatable bonds is 17. The number of ether oxygens (including phenoxy) is 3. The van der Waals surface area contributed by atoms with Gasteiger partial charge in [-0.1, -0.05) is 101 Å². The summed E-state index contributed by atoms with van der Waals surface area (Å²) in [5, 5.41) is 68.0. The van der Waals surface area contributed by atoms with E-state index in [1.165, 1.54) is 50.9 Å². The van der Waals surface area contributed by atoms with Crippen LogP contribution in [-0.4, -0.2) is 115 Å². The van der Waals surface area contributed by atoms with E-state index in [0.29, 0.717) is 0 Å². The van der Waals surface area contributed by atoms with Crippen LogP contribution in [0.15, 0.2) is 101 Å². The molecule has 0 spiro atoms. The van der Waals surface area contributed by atoms with Crippen molar-refractivity contribution in [2.24, 2.45) is 24.3 Å². The molecule has 0 radical (unpaired) electrons. The highest BCUT2D eigenvalue weighted by atomic mass is 16.7. The van der Waals surface area contributed by atoms with E-state index in [0.717, 1.165) is 5.57 Å². The zero-order valence-corrected chi connectivity index (χ0v) is 34.8. The Balaban J connectivity index is 1.64. The van der Waals surface area contributed by atoms with Crippen LogP contribution in [0.1, 0.15) is 66.6 Å². The summed E-state index contributed by atoms with van der Waals surface area (Å²) in [5.74, 6) is -7.50. The number of hydrogen-bond donors (Lipinski definition) is 7. The highest BCUT2D eigenvalue weighted by molar-refractivity contribution is 6.09. The van der Waals surface area contributed by atoms with E-state index in [2.05, 4.69) is 5.32 Å². The summed E-state index contributed by atoms with van der Waals surface area (Å²) in [6.45, 7) is 11.7. The molecule has 0 aromatic carbocycles. The molecule has 2 saturated heterocycles. The van der Waals surface area contributed by atoms with Crippen LogP contribution in [0.2, 0.25) is 0 Å². The third kappa shape index (κ3) is 10.9. The number of allylic oxidation sites excluding steroid dienone is 10. The van der Waals surface area contributed by atoms with Gasteiger partial charge in [-0.15, -0.1) is 0 Å². The molecule has 1 aromatic heterocycles. The zero-order valence-electron chi connectivity index (χ0n) is 35.8. The van der Waals surface area contributed by atoms with Crippen molar-refractivity contribution in [3.8, 4) is 5.75 Å². The van der Waals surface area contributed by atoms with Gasteiger partial charge in [-0.2, -0.15) is 0 Å². The molecule has 1 aromatic rings. The van der Waals surface area contributed by atoms with E-state index >= 15 is 0 Å². The Morgan fingerprint density at radius 2 is 1.71 bits per heavy atom. The van der Waals surface area contributed by atoms with Crippen LogP contribution in [-0.2, 0) is 26.1 Å². The Hall–Kier alpha value is -4.25.